The van der Waals surface area contributed by atoms with E-state index in [1.54, 1.807) is 11.9 Å². The molecule has 0 unspecified atom stereocenters. The highest BCUT2D eigenvalue weighted by molar-refractivity contribution is 5.99. The molecule has 0 saturated heterocycles. The van der Waals surface area contributed by atoms with Crippen LogP contribution >= 0.6 is 0 Å². The average molecular weight is 495 g/mol. The van der Waals surface area contributed by atoms with Crippen molar-refractivity contribution in [1.29, 1.82) is 0 Å². The highest BCUT2D eigenvalue weighted by Crippen LogP contribution is 2.33. The summed E-state index contributed by atoms with van der Waals surface area (Å²) in [6.45, 7) is 0.0828. The Morgan fingerprint density at radius 3 is 2.50 bits per heavy atom. The Labute approximate surface area is 207 Å². The fourth-order valence-electron chi connectivity index (χ4n) is 4.06. The third kappa shape index (κ3) is 5.17. The number of anilines is 1. The number of imidazole rings is 1. The van der Waals surface area contributed by atoms with Crippen LogP contribution in [0.4, 0.5) is 15.0 Å². The molecule has 3 aliphatic carbocycles. The molecule has 0 radical (unpaired) electrons. The zero-order chi connectivity index (χ0) is 25.2. The first kappa shape index (κ1) is 23.8. The van der Waals surface area contributed by atoms with Gasteiger partial charge in [-0.3, -0.25) is 19.4 Å². The number of amides is 3. The van der Waals surface area contributed by atoms with Gasteiger partial charge in [-0.2, -0.15) is 4.39 Å². The molecule has 3 amide bonds. The molecular weight excluding hydrogens is 467 g/mol. The summed E-state index contributed by atoms with van der Waals surface area (Å²) < 4.78 is 18.4. The minimum atomic E-state index is -0.662. The van der Waals surface area contributed by atoms with Gasteiger partial charge in [-0.15, -0.1) is 0 Å². The SMILES string of the molecule is CN(C(=O)c1[nH]c(C#CCN(C(=O)Oc2ccc(F)nc2)C2CCC2)nc1N(C=O)C1CC1)C1CC1. The lowest BCUT2D eigenvalue weighted by atomic mass is 9.92. The lowest BCUT2D eigenvalue weighted by Gasteiger charge is -2.35. The van der Waals surface area contributed by atoms with Gasteiger partial charge in [0.15, 0.2) is 17.4 Å². The fourth-order valence-corrected chi connectivity index (χ4v) is 4.06. The van der Waals surface area contributed by atoms with Gasteiger partial charge in [0.2, 0.25) is 12.4 Å². The van der Waals surface area contributed by atoms with Crippen LogP contribution in [0, 0.1) is 17.8 Å². The summed E-state index contributed by atoms with van der Waals surface area (Å²) in [7, 11) is 1.75. The van der Waals surface area contributed by atoms with Crippen LogP contribution in [0.25, 0.3) is 0 Å². The van der Waals surface area contributed by atoms with Crippen molar-refractivity contribution in [2.75, 3.05) is 18.5 Å². The molecule has 0 aromatic carbocycles. The van der Waals surface area contributed by atoms with Gasteiger partial charge in [0.25, 0.3) is 5.91 Å². The molecule has 10 nitrogen and oxygen atoms in total. The molecule has 11 heteroatoms. The van der Waals surface area contributed by atoms with Crippen molar-refractivity contribution >= 4 is 24.2 Å². The zero-order valence-corrected chi connectivity index (χ0v) is 19.9. The Kier molecular flexibility index (Phi) is 6.59. The lowest BCUT2D eigenvalue weighted by Crippen LogP contribution is -2.45. The van der Waals surface area contributed by atoms with Crippen molar-refractivity contribution in [3.05, 3.63) is 35.8 Å². The van der Waals surface area contributed by atoms with Crippen molar-refractivity contribution in [2.45, 2.75) is 63.1 Å². The number of carbonyl (C=O) groups is 3. The van der Waals surface area contributed by atoms with Gasteiger partial charge in [-0.25, -0.2) is 14.8 Å². The smallest absolute Gasteiger partial charge is 0.409 e. The van der Waals surface area contributed by atoms with E-state index in [9.17, 15) is 18.8 Å². The number of hydrogen-bond donors (Lipinski definition) is 1. The third-order valence-corrected chi connectivity index (χ3v) is 6.72. The van der Waals surface area contributed by atoms with Crippen LogP contribution in [-0.2, 0) is 4.79 Å². The number of ether oxygens (including phenoxy) is 1. The third-order valence-electron chi connectivity index (χ3n) is 6.72. The molecular formula is C25H27FN6O4. The Morgan fingerprint density at radius 1 is 1.17 bits per heavy atom. The van der Waals surface area contributed by atoms with Crippen molar-refractivity contribution in [3.63, 3.8) is 0 Å². The summed E-state index contributed by atoms with van der Waals surface area (Å²) in [6, 6.07) is 2.69. The summed E-state index contributed by atoms with van der Waals surface area (Å²) >= 11 is 0. The van der Waals surface area contributed by atoms with Gasteiger partial charge in [-0.1, -0.05) is 5.92 Å². The number of aromatic amines is 1. The number of nitrogens with one attached hydrogen (secondary N) is 1. The number of pyridine rings is 1. The van der Waals surface area contributed by atoms with Gasteiger partial charge in [-0.05, 0) is 63.0 Å². The highest BCUT2D eigenvalue weighted by Gasteiger charge is 2.37. The molecule has 3 saturated carbocycles. The molecule has 36 heavy (non-hydrogen) atoms. The summed E-state index contributed by atoms with van der Waals surface area (Å²) in [5, 5.41) is 0. The molecule has 2 aromatic heterocycles. The number of rotatable bonds is 8. The number of aromatic nitrogens is 3. The molecule has 3 fully saturated rings. The van der Waals surface area contributed by atoms with Crippen molar-refractivity contribution in [2.24, 2.45) is 0 Å². The predicted octanol–water partition coefficient (Wildman–Crippen LogP) is 2.71. The summed E-state index contributed by atoms with van der Waals surface area (Å²) in [6.07, 6.45) is 7.58. The molecule has 5 rings (SSSR count). The largest absolute Gasteiger partial charge is 0.416 e. The maximum absolute atomic E-state index is 13.1. The Balaban J connectivity index is 1.34. The molecule has 2 heterocycles. The maximum atomic E-state index is 13.1. The number of nitrogens with zero attached hydrogens (tertiary/aromatic N) is 5. The van der Waals surface area contributed by atoms with Crippen molar-refractivity contribution < 1.29 is 23.5 Å². The number of halogens is 1. The Morgan fingerprint density at radius 2 is 1.92 bits per heavy atom. The van der Waals surface area contributed by atoms with E-state index in [0.29, 0.717) is 6.41 Å². The maximum Gasteiger partial charge on any atom is 0.416 e. The minimum absolute atomic E-state index is 0.00267. The first-order chi connectivity index (χ1) is 17.4. The minimum Gasteiger partial charge on any atom is -0.409 e. The molecule has 188 valence electrons. The Bertz CT molecular complexity index is 1210. The van der Waals surface area contributed by atoms with E-state index < -0.39 is 12.0 Å². The van der Waals surface area contributed by atoms with Crippen LogP contribution in [0.2, 0.25) is 0 Å². The van der Waals surface area contributed by atoms with E-state index in [-0.39, 0.29) is 53.7 Å². The molecule has 1 N–H and O–H groups in total. The van der Waals surface area contributed by atoms with Crippen LogP contribution < -0.4 is 9.64 Å². The van der Waals surface area contributed by atoms with E-state index in [1.165, 1.54) is 15.9 Å². The highest BCUT2D eigenvalue weighted by atomic mass is 19.1. The second-order valence-electron chi connectivity index (χ2n) is 9.37. The van der Waals surface area contributed by atoms with Crippen molar-refractivity contribution in [1.82, 2.24) is 24.8 Å². The topological polar surface area (TPSA) is 112 Å². The molecule has 0 spiro atoms. The van der Waals surface area contributed by atoms with Crippen LogP contribution in [-0.4, -0.2) is 74.9 Å². The standard InChI is InChI=1S/C25H27FN6O4/c1-30(16-7-8-16)24(34)22-23(32(15-33)18-9-10-18)29-21(28-22)6-3-13-31(17-4-2-5-17)25(35)36-19-11-12-20(26)27-14-19/h11-12,14-18H,2,4-5,7-10,13H2,1H3,(H,28,29). The summed E-state index contributed by atoms with van der Waals surface area (Å²) in [5.41, 5.74) is 0.242. The van der Waals surface area contributed by atoms with Crippen LogP contribution in [0.3, 0.4) is 0 Å². The van der Waals surface area contributed by atoms with E-state index in [1.807, 2.05) is 0 Å². The van der Waals surface area contributed by atoms with Gasteiger partial charge in [0.1, 0.15) is 5.69 Å². The van der Waals surface area contributed by atoms with E-state index >= 15 is 0 Å². The molecule has 0 aliphatic heterocycles. The molecule has 0 bridgehead atoms. The lowest BCUT2D eigenvalue weighted by molar-refractivity contribution is -0.107. The molecule has 2 aromatic rings. The zero-order valence-electron chi connectivity index (χ0n) is 19.9. The normalized spacial score (nSPS) is 16.8. The second kappa shape index (κ2) is 9.97. The fraction of sp³-hybridized carbons (Fsp3) is 0.480. The summed E-state index contributed by atoms with van der Waals surface area (Å²) in [4.78, 5) is 53.3. The van der Waals surface area contributed by atoms with Crippen LogP contribution in [0.5, 0.6) is 5.75 Å². The van der Waals surface area contributed by atoms with Crippen LogP contribution in [0.1, 0.15) is 61.3 Å². The van der Waals surface area contributed by atoms with E-state index in [0.717, 1.165) is 57.2 Å². The van der Waals surface area contributed by atoms with E-state index in [2.05, 4.69) is 26.8 Å². The van der Waals surface area contributed by atoms with Crippen molar-refractivity contribution in [3.8, 4) is 17.6 Å². The first-order valence-corrected chi connectivity index (χ1v) is 12.1. The second-order valence-corrected chi connectivity index (χ2v) is 9.37. The average Bonchev–Trinajstić information content (AvgIpc) is 3.76. The summed E-state index contributed by atoms with van der Waals surface area (Å²) in [5.74, 6) is 5.63. The van der Waals surface area contributed by atoms with Gasteiger partial charge in [0, 0.05) is 25.2 Å². The number of H-pyrrole nitrogens is 1. The number of carbonyl (C=O) groups excluding carboxylic acids is 3. The quantitative estimate of drug-likeness (QED) is 0.343. The van der Waals surface area contributed by atoms with E-state index in [4.69, 9.17) is 4.74 Å². The molecule has 0 atom stereocenters. The molecule has 3 aliphatic rings. The van der Waals surface area contributed by atoms with Gasteiger partial charge < -0.3 is 14.6 Å². The predicted molar refractivity (Wildman–Crippen MR) is 127 cm³/mol. The monoisotopic (exact) mass is 494 g/mol. The van der Waals surface area contributed by atoms with Gasteiger partial charge in [0.05, 0.1) is 12.7 Å². The first-order valence-electron chi connectivity index (χ1n) is 12.1. The van der Waals surface area contributed by atoms with Crippen LogP contribution in [0.15, 0.2) is 18.3 Å². The Hall–Kier alpha value is -3.94. The number of hydrogen-bond acceptors (Lipinski definition) is 6. The van der Waals surface area contributed by atoms with Gasteiger partial charge >= 0.3 is 6.09 Å².